The van der Waals surface area contributed by atoms with Crippen LogP contribution in [-0.2, 0) is 13.0 Å². The number of aromatic nitrogens is 1. The van der Waals surface area contributed by atoms with Crippen LogP contribution in [-0.4, -0.2) is 26.3 Å². The average molecular weight is 306 g/mol. The molecule has 0 aliphatic heterocycles. The van der Waals surface area contributed by atoms with Crippen molar-refractivity contribution in [3.63, 3.8) is 0 Å². The number of rotatable bonds is 7. The Morgan fingerprint density at radius 3 is 2.67 bits per heavy atom. The number of benzene rings is 1. The van der Waals surface area contributed by atoms with E-state index in [1.807, 2.05) is 25.2 Å². The molecular formula is C16H22N2O2S. The Balaban J connectivity index is 2.48. The second-order valence-corrected chi connectivity index (χ2v) is 5.79. The molecule has 0 aliphatic rings. The minimum absolute atomic E-state index is 0.734. The first kappa shape index (κ1) is 15.8. The van der Waals surface area contributed by atoms with Gasteiger partial charge < -0.3 is 14.8 Å². The second kappa shape index (κ2) is 7.43. The molecule has 0 aliphatic carbocycles. The third kappa shape index (κ3) is 3.36. The van der Waals surface area contributed by atoms with Gasteiger partial charge in [-0.1, -0.05) is 19.4 Å². The first-order valence-corrected chi connectivity index (χ1v) is 7.91. The third-order valence-electron chi connectivity index (χ3n) is 3.24. The van der Waals surface area contributed by atoms with Gasteiger partial charge in [-0.2, -0.15) is 0 Å². The summed E-state index contributed by atoms with van der Waals surface area (Å²) in [6, 6.07) is 5.89. The highest BCUT2D eigenvalue weighted by Gasteiger charge is 2.17. The Morgan fingerprint density at radius 2 is 2.05 bits per heavy atom. The van der Waals surface area contributed by atoms with Crippen molar-refractivity contribution in [2.75, 3.05) is 21.3 Å². The Labute approximate surface area is 130 Å². The van der Waals surface area contributed by atoms with E-state index in [9.17, 15) is 0 Å². The van der Waals surface area contributed by atoms with Gasteiger partial charge in [-0.05, 0) is 25.6 Å². The number of ether oxygens (including phenoxy) is 2. The fourth-order valence-corrected chi connectivity index (χ4v) is 3.43. The Hall–Kier alpha value is -1.59. The van der Waals surface area contributed by atoms with E-state index in [0.29, 0.717) is 0 Å². The van der Waals surface area contributed by atoms with Crippen LogP contribution in [0.25, 0.3) is 10.6 Å². The summed E-state index contributed by atoms with van der Waals surface area (Å²) in [6.45, 7) is 3.02. The number of para-hydroxylation sites is 1. The molecule has 5 heteroatoms. The van der Waals surface area contributed by atoms with Gasteiger partial charge in [0.1, 0.15) is 5.01 Å². The minimum atomic E-state index is 0.734. The topological polar surface area (TPSA) is 43.4 Å². The molecule has 114 valence electrons. The molecule has 0 fully saturated rings. The van der Waals surface area contributed by atoms with Crippen molar-refractivity contribution < 1.29 is 9.47 Å². The van der Waals surface area contributed by atoms with E-state index in [-0.39, 0.29) is 0 Å². The molecule has 0 bridgehead atoms. The van der Waals surface area contributed by atoms with Gasteiger partial charge in [-0.25, -0.2) is 4.98 Å². The van der Waals surface area contributed by atoms with E-state index in [4.69, 9.17) is 14.5 Å². The number of thiazole rings is 1. The molecule has 21 heavy (non-hydrogen) atoms. The Bertz CT molecular complexity index is 572. The Kier molecular flexibility index (Phi) is 5.59. The lowest BCUT2D eigenvalue weighted by Crippen LogP contribution is -2.05. The van der Waals surface area contributed by atoms with Crippen molar-refractivity contribution in [1.29, 1.82) is 0 Å². The van der Waals surface area contributed by atoms with Crippen molar-refractivity contribution in [2.24, 2.45) is 0 Å². The molecule has 2 rings (SSSR count). The molecule has 0 amide bonds. The van der Waals surface area contributed by atoms with E-state index in [0.717, 1.165) is 41.5 Å². The minimum Gasteiger partial charge on any atom is -0.493 e. The molecule has 1 heterocycles. The molecule has 2 aromatic rings. The zero-order chi connectivity index (χ0) is 15.2. The number of nitrogens with one attached hydrogen (secondary N) is 1. The van der Waals surface area contributed by atoms with Crippen LogP contribution in [0, 0.1) is 0 Å². The van der Waals surface area contributed by atoms with Crippen molar-refractivity contribution in [1.82, 2.24) is 10.3 Å². The van der Waals surface area contributed by atoms with Gasteiger partial charge in [0.15, 0.2) is 11.5 Å². The van der Waals surface area contributed by atoms with Gasteiger partial charge in [0.2, 0.25) is 0 Å². The van der Waals surface area contributed by atoms with Gasteiger partial charge in [0.25, 0.3) is 0 Å². The summed E-state index contributed by atoms with van der Waals surface area (Å²) in [4.78, 5) is 6.11. The summed E-state index contributed by atoms with van der Waals surface area (Å²) in [5.41, 5.74) is 2.17. The SMILES string of the molecule is CCCc1nc(-c2cccc(OC)c2OC)sc1CNC. The maximum atomic E-state index is 5.52. The molecule has 0 spiro atoms. The lowest BCUT2D eigenvalue weighted by atomic mass is 10.2. The molecule has 4 nitrogen and oxygen atoms in total. The zero-order valence-corrected chi connectivity index (χ0v) is 13.8. The van der Waals surface area contributed by atoms with Gasteiger partial charge in [0.05, 0.1) is 25.5 Å². The van der Waals surface area contributed by atoms with E-state index < -0.39 is 0 Å². The molecule has 1 aromatic carbocycles. The van der Waals surface area contributed by atoms with Crippen LogP contribution in [0.2, 0.25) is 0 Å². The monoisotopic (exact) mass is 306 g/mol. The molecular weight excluding hydrogens is 284 g/mol. The van der Waals surface area contributed by atoms with Crippen LogP contribution in [0.4, 0.5) is 0 Å². The van der Waals surface area contributed by atoms with Crippen LogP contribution >= 0.6 is 11.3 Å². The average Bonchev–Trinajstić information content (AvgIpc) is 2.90. The first-order valence-electron chi connectivity index (χ1n) is 7.09. The quantitative estimate of drug-likeness (QED) is 0.850. The fourth-order valence-electron chi connectivity index (χ4n) is 2.28. The van der Waals surface area contributed by atoms with Crippen molar-refractivity contribution >= 4 is 11.3 Å². The smallest absolute Gasteiger partial charge is 0.170 e. The number of hydrogen-bond donors (Lipinski definition) is 1. The number of hydrogen-bond acceptors (Lipinski definition) is 5. The van der Waals surface area contributed by atoms with Crippen LogP contribution in [0.3, 0.4) is 0 Å². The maximum absolute atomic E-state index is 5.52. The molecule has 1 aromatic heterocycles. The van der Waals surface area contributed by atoms with Gasteiger partial charge in [-0.15, -0.1) is 11.3 Å². The molecule has 0 atom stereocenters. The summed E-state index contributed by atoms with van der Waals surface area (Å²) in [5.74, 6) is 1.48. The van der Waals surface area contributed by atoms with E-state index in [1.54, 1.807) is 25.6 Å². The van der Waals surface area contributed by atoms with Crippen LogP contribution in [0.5, 0.6) is 11.5 Å². The van der Waals surface area contributed by atoms with E-state index in [2.05, 4.69) is 12.2 Å². The fraction of sp³-hybridized carbons (Fsp3) is 0.438. The summed E-state index contributed by atoms with van der Waals surface area (Å²) >= 11 is 1.72. The number of nitrogens with zero attached hydrogens (tertiary/aromatic N) is 1. The molecule has 0 saturated heterocycles. The van der Waals surface area contributed by atoms with E-state index >= 15 is 0 Å². The molecule has 0 radical (unpaired) electrons. The normalized spacial score (nSPS) is 10.7. The zero-order valence-electron chi connectivity index (χ0n) is 13.0. The van der Waals surface area contributed by atoms with Crippen molar-refractivity contribution in [3.8, 4) is 22.1 Å². The summed E-state index contributed by atoms with van der Waals surface area (Å²) in [6.07, 6.45) is 2.09. The van der Waals surface area contributed by atoms with Crippen LogP contribution in [0.15, 0.2) is 18.2 Å². The third-order valence-corrected chi connectivity index (χ3v) is 4.37. The van der Waals surface area contributed by atoms with Crippen molar-refractivity contribution in [2.45, 2.75) is 26.3 Å². The molecule has 0 saturated carbocycles. The number of aryl methyl sites for hydroxylation is 1. The lowest BCUT2D eigenvalue weighted by molar-refractivity contribution is 0.356. The number of methoxy groups -OCH3 is 2. The Morgan fingerprint density at radius 1 is 1.24 bits per heavy atom. The predicted molar refractivity (Wildman–Crippen MR) is 87.4 cm³/mol. The summed E-state index contributed by atoms with van der Waals surface area (Å²) < 4.78 is 10.9. The highest BCUT2D eigenvalue weighted by atomic mass is 32.1. The lowest BCUT2D eigenvalue weighted by Gasteiger charge is -2.10. The maximum Gasteiger partial charge on any atom is 0.170 e. The van der Waals surface area contributed by atoms with Gasteiger partial charge in [0, 0.05) is 11.4 Å². The first-order chi connectivity index (χ1) is 10.2. The summed E-state index contributed by atoms with van der Waals surface area (Å²) in [5, 5.41) is 4.20. The predicted octanol–water partition coefficient (Wildman–Crippen LogP) is 3.50. The molecule has 0 unspecified atom stereocenters. The summed E-state index contributed by atoms with van der Waals surface area (Å²) in [7, 11) is 5.27. The van der Waals surface area contributed by atoms with Gasteiger partial charge in [-0.3, -0.25) is 0 Å². The van der Waals surface area contributed by atoms with Crippen LogP contribution < -0.4 is 14.8 Å². The van der Waals surface area contributed by atoms with E-state index in [1.165, 1.54) is 10.6 Å². The highest BCUT2D eigenvalue weighted by molar-refractivity contribution is 7.15. The molecule has 1 N–H and O–H groups in total. The van der Waals surface area contributed by atoms with Gasteiger partial charge >= 0.3 is 0 Å². The largest absolute Gasteiger partial charge is 0.493 e. The second-order valence-electron chi connectivity index (χ2n) is 4.71. The van der Waals surface area contributed by atoms with Crippen molar-refractivity contribution in [3.05, 3.63) is 28.8 Å². The van der Waals surface area contributed by atoms with Crippen LogP contribution in [0.1, 0.15) is 23.9 Å². The highest BCUT2D eigenvalue weighted by Crippen LogP contribution is 2.40. The standard InChI is InChI=1S/C16H22N2O2S/c1-5-7-12-14(10-17-2)21-16(18-12)11-8-6-9-13(19-3)15(11)20-4/h6,8-9,17H,5,7,10H2,1-4H3.